The average Bonchev–Trinajstić information content (AvgIpc) is 2.81. The molecule has 3 nitrogen and oxygen atoms in total. The highest BCUT2D eigenvalue weighted by Gasteiger charge is 2.52. The van der Waals surface area contributed by atoms with Crippen molar-refractivity contribution in [2.24, 2.45) is 28.9 Å². The van der Waals surface area contributed by atoms with Crippen LogP contribution in [0.4, 0.5) is 0 Å². The molecule has 100 valence electrons. The van der Waals surface area contributed by atoms with E-state index >= 15 is 0 Å². The summed E-state index contributed by atoms with van der Waals surface area (Å²) in [5.41, 5.74) is 8.12. The van der Waals surface area contributed by atoms with Gasteiger partial charge in [-0.25, -0.2) is 0 Å². The molecule has 4 N–H and O–H groups in total. The molecule has 0 aromatic carbocycles. The molecule has 4 bridgehead atoms. The van der Waals surface area contributed by atoms with E-state index in [1.54, 1.807) is 0 Å². The highest BCUT2D eigenvalue weighted by atomic mass is 15.2. The van der Waals surface area contributed by atoms with Crippen LogP contribution in [-0.2, 0) is 0 Å². The van der Waals surface area contributed by atoms with Gasteiger partial charge in [-0.05, 0) is 67.3 Å². The van der Waals surface area contributed by atoms with Crippen LogP contribution in [0.1, 0.15) is 38.5 Å². The molecule has 1 heterocycles. The van der Waals surface area contributed by atoms with E-state index in [1.165, 1.54) is 49.9 Å². The Morgan fingerprint density at radius 3 is 1.94 bits per heavy atom. The van der Waals surface area contributed by atoms with Crippen molar-refractivity contribution in [2.45, 2.75) is 38.5 Å². The fraction of sp³-hybridized carbons (Fsp3) is 0.867. The Morgan fingerprint density at radius 1 is 1.00 bits per heavy atom. The summed E-state index contributed by atoms with van der Waals surface area (Å²) in [5.74, 6) is 4.29. The van der Waals surface area contributed by atoms with Crippen LogP contribution in [-0.4, -0.2) is 19.6 Å². The van der Waals surface area contributed by atoms with Crippen LogP contribution in [0, 0.1) is 23.2 Å². The summed E-state index contributed by atoms with van der Waals surface area (Å²) in [5, 5.41) is 7.04. The summed E-state index contributed by atoms with van der Waals surface area (Å²) in [7, 11) is 0. The lowest BCUT2D eigenvalue weighted by Crippen LogP contribution is -2.49. The molecule has 18 heavy (non-hydrogen) atoms. The van der Waals surface area contributed by atoms with Crippen molar-refractivity contribution in [3.8, 4) is 0 Å². The van der Waals surface area contributed by atoms with Crippen LogP contribution in [0.15, 0.2) is 11.4 Å². The smallest absolute Gasteiger partial charge is 0.0998 e. The van der Waals surface area contributed by atoms with Gasteiger partial charge in [0.15, 0.2) is 0 Å². The quantitative estimate of drug-likeness (QED) is 0.694. The van der Waals surface area contributed by atoms with E-state index in [4.69, 9.17) is 5.73 Å². The third kappa shape index (κ3) is 1.52. The summed E-state index contributed by atoms with van der Waals surface area (Å²) in [6.07, 6.45) is 8.77. The minimum Gasteiger partial charge on any atom is -0.370 e. The first-order valence-corrected chi connectivity index (χ1v) is 7.70. The summed E-state index contributed by atoms with van der Waals surface area (Å²) < 4.78 is 0. The zero-order valence-electron chi connectivity index (χ0n) is 11.2. The highest BCUT2D eigenvalue weighted by molar-refractivity contribution is 5.27. The predicted molar refractivity (Wildman–Crippen MR) is 72.7 cm³/mol. The summed E-state index contributed by atoms with van der Waals surface area (Å²) in [6.45, 7) is 2.86. The predicted octanol–water partition coefficient (Wildman–Crippen LogP) is 1.57. The molecule has 0 amide bonds. The van der Waals surface area contributed by atoms with Gasteiger partial charge in [0.25, 0.3) is 0 Å². The zero-order chi connectivity index (χ0) is 12.2. The Bertz CT molecular complexity index is 342. The Kier molecular flexibility index (Phi) is 2.41. The SMILES string of the molecule is NCC(=C1NCCN1)C12CC3CC(CC(C3)C1)C2. The van der Waals surface area contributed by atoms with Gasteiger partial charge in [0.1, 0.15) is 0 Å². The topological polar surface area (TPSA) is 50.1 Å². The Morgan fingerprint density at radius 2 is 1.50 bits per heavy atom. The van der Waals surface area contributed by atoms with Crippen molar-refractivity contribution in [1.82, 2.24) is 10.6 Å². The van der Waals surface area contributed by atoms with Crippen LogP contribution >= 0.6 is 0 Å². The average molecular weight is 247 g/mol. The molecular weight excluding hydrogens is 222 g/mol. The van der Waals surface area contributed by atoms with Crippen molar-refractivity contribution >= 4 is 0 Å². The summed E-state index contributed by atoms with van der Waals surface area (Å²) in [4.78, 5) is 0. The Hall–Kier alpha value is -0.700. The molecule has 5 rings (SSSR count). The maximum atomic E-state index is 6.14. The van der Waals surface area contributed by atoms with Gasteiger partial charge in [-0.1, -0.05) is 0 Å². The molecular formula is C15H25N3. The minimum absolute atomic E-state index is 0.461. The Balaban J connectivity index is 1.72. The van der Waals surface area contributed by atoms with E-state index < -0.39 is 0 Å². The number of nitrogens with one attached hydrogen (secondary N) is 2. The monoisotopic (exact) mass is 247 g/mol. The molecule has 4 saturated carbocycles. The zero-order valence-corrected chi connectivity index (χ0v) is 11.2. The molecule has 0 atom stereocenters. The van der Waals surface area contributed by atoms with E-state index in [0.717, 1.165) is 37.4 Å². The molecule has 5 aliphatic rings. The number of hydrogen-bond acceptors (Lipinski definition) is 3. The van der Waals surface area contributed by atoms with Crippen LogP contribution in [0.5, 0.6) is 0 Å². The second-order valence-corrected chi connectivity index (χ2v) is 7.11. The molecule has 3 heteroatoms. The molecule has 0 aromatic rings. The first kappa shape index (κ1) is 11.2. The van der Waals surface area contributed by atoms with E-state index in [0.29, 0.717) is 5.41 Å². The van der Waals surface area contributed by atoms with E-state index in [2.05, 4.69) is 10.6 Å². The van der Waals surface area contributed by atoms with Crippen molar-refractivity contribution in [3.63, 3.8) is 0 Å². The standard InChI is InChI=1S/C15H25N3/c16-9-13(14-17-1-2-18-14)15-6-10-3-11(7-15)5-12(4-10)8-15/h10-12,17-18H,1-9,16H2. The maximum Gasteiger partial charge on any atom is 0.0998 e. The fourth-order valence-electron chi connectivity index (χ4n) is 5.71. The summed E-state index contributed by atoms with van der Waals surface area (Å²) >= 11 is 0. The maximum absolute atomic E-state index is 6.14. The van der Waals surface area contributed by atoms with Gasteiger partial charge >= 0.3 is 0 Å². The third-order valence-corrected chi connectivity index (χ3v) is 5.91. The van der Waals surface area contributed by atoms with Gasteiger partial charge in [-0.15, -0.1) is 0 Å². The minimum atomic E-state index is 0.461. The summed E-state index contributed by atoms with van der Waals surface area (Å²) in [6, 6.07) is 0. The van der Waals surface area contributed by atoms with Gasteiger partial charge in [0, 0.05) is 19.6 Å². The number of rotatable bonds is 2. The molecule has 0 aromatic heterocycles. The van der Waals surface area contributed by atoms with Gasteiger partial charge in [0.05, 0.1) is 5.82 Å². The van der Waals surface area contributed by atoms with Crippen LogP contribution in [0.25, 0.3) is 0 Å². The molecule has 0 spiro atoms. The lowest BCUT2D eigenvalue weighted by molar-refractivity contribution is -0.0318. The van der Waals surface area contributed by atoms with Gasteiger partial charge in [0.2, 0.25) is 0 Å². The van der Waals surface area contributed by atoms with E-state index in [-0.39, 0.29) is 0 Å². The van der Waals surface area contributed by atoms with E-state index in [9.17, 15) is 0 Å². The van der Waals surface area contributed by atoms with Crippen molar-refractivity contribution in [1.29, 1.82) is 0 Å². The second kappa shape index (κ2) is 3.89. The van der Waals surface area contributed by atoms with E-state index in [1.807, 2.05) is 0 Å². The van der Waals surface area contributed by atoms with Crippen LogP contribution in [0.3, 0.4) is 0 Å². The van der Waals surface area contributed by atoms with Gasteiger partial charge < -0.3 is 16.4 Å². The van der Waals surface area contributed by atoms with Crippen LogP contribution in [0.2, 0.25) is 0 Å². The normalized spacial score (nSPS) is 44.9. The molecule has 0 unspecified atom stereocenters. The highest BCUT2D eigenvalue weighted by Crippen LogP contribution is 2.62. The van der Waals surface area contributed by atoms with Crippen LogP contribution < -0.4 is 16.4 Å². The second-order valence-electron chi connectivity index (χ2n) is 7.11. The largest absolute Gasteiger partial charge is 0.370 e. The molecule has 5 fully saturated rings. The molecule has 0 radical (unpaired) electrons. The van der Waals surface area contributed by atoms with Gasteiger partial charge in [-0.2, -0.15) is 0 Å². The van der Waals surface area contributed by atoms with Crippen molar-refractivity contribution in [3.05, 3.63) is 11.4 Å². The Labute approximate surface area is 110 Å². The van der Waals surface area contributed by atoms with Crippen molar-refractivity contribution in [2.75, 3.05) is 19.6 Å². The molecule has 1 saturated heterocycles. The lowest BCUT2D eigenvalue weighted by atomic mass is 9.47. The fourth-order valence-corrected chi connectivity index (χ4v) is 5.71. The number of hydrogen-bond donors (Lipinski definition) is 3. The van der Waals surface area contributed by atoms with Crippen molar-refractivity contribution < 1.29 is 0 Å². The molecule has 1 aliphatic heterocycles. The first-order chi connectivity index (χ1) is 8.79. The number of nitrogens with two attached hydrogens (primary N) is 1. The molecule has 4 aliphatic carbocycles. The lowest BCUT2D eigenvalue weighted by Gasteiger charge is -2.57. The first-order valence-electron chi connectivity index (χ1n) is 7.70. The van der Waals surface area contributed by atoms with Gasteiger partial charge in [-0.3, -0.25) is 0 Å². The third-order valence-electron chi connectivity index (χ3n) is 5.91.